The second kappa shape index (κ2) is 26.0. The van der Waals surface area contributed by atoms with Crippen molar-refractivity contribution in [2.24, 2.45) is 0 Å². The maximum Gasteiger partial charge on any atom is 0.303 e. The molecule has 0 saturated carbocycles. The molecule has 6 aromatic carbocycles. The Morgan fingerprint density at radius 2 is 0.784 bits per heavy atom. The van der Waals surface area contributed by atoms with Crippen LogP contribution in [0.5, 0.6) is 0 Å². The topological polar surface area (TPSA) is 126 Å². The van der Waals surface area contributed by atoms with E-state index in [2.05, 4.69) is 45.0 Å². The molecule has 0 aliphatic carbocycles. The van der Waals surface area contributed by atoms with Gasteiger partial charge in [-0.05, 0) is 37.7 Å². The number of halogens is 1. The molecule has 0 amide bonds. The summed E-state index contributed by atoms with van der Waals surface area (Å²) in [5.41, 5.74) is 3.32. The van der Waals surface area contributed by atoms with Crippen LogP contribution in [0.4, 0.5) is 4.39 Å². The zero-order valence-corrected chi connectivity index (χ0v) is 43.6. The van der Waals surface area contributed by atoms with Gasteiger partial charge in [0.1, 0.15) is 36.6 Å². The summed E-state index contributed by atoms with van der Waals surface area (Å²) in [6, 6.07) is 58.3. The van der Waals surface area contributed by atoms with Crippen LogP contribution in [0.25, 0.3) is 0 Å². The fourth-order valence-corrected chi connectivity index (χ4v) is 14.3. The van der Waals surface area contributed by atoms with E-state index in [0.717, 1.165) is 32.6 Å². The zero-order valence-electron chi connectivity index (χ0n) is 42.6. The number of carbonyl (C=O) groups is 2. The first-order valence-corrected chi connectivity index (χ1v) is 27.1. The van der Waals surface area contributed by atoms with Gasteiger partial charge in [0.25, 0.3) is 8.32 Å². The molecule has 74 heavy (non-hydrogen) atoms. The van der Waals surface area contributed by atoms with Gasteiger partial charge in [-0.15, -0.1) is 0 Å². The summed E-state index contributed by atoms with van der Waals surface area (Å²) < 4.78 is 82.9. The van der Waals surface area contributed by atoms with Crippen LogP contribution in [0.15, 0.2) is 182 Å². The van der Waals surface area contributed by atoms with Gasteiger partial charge in [-0.1, -0.05) is 203 Å². The number of alkyl halides is 1. The molecule has 2 fully saturated rings. The fourth-order valence-electron chi connectivity index (χ4n) is 9.77. The summed E-state index contributed by atoms with van der Waals surface area (Å²) in [5, 5.41) is 1.65. The third-order valence-electron chi connectivity index (χ3n) is 13.2. The molecule has 2 aliphatic rings. The summed E-state index contributed by atoms with van der Waals surface area (Å²) >= 11 is 0. The number of benzene rings is 6. The molecule has 390 valence electrons. The van der Waals surface area contributed by atoms with Gasteiger partial charge in [0.05, 0.1) is 39.6 Å². The second-order valence-electron chi connectivity index (χ2n) is 19.6. The Hall–Kier alpha value is -5.91. The lowest BCUT2D eigenvalue weighted by Crippen LogP contribution is -2.69. The van der Waals surface area contributed by atoms with Gasteiger partial charge in [0, 0.05) is 13.8 Å². The van der Waals surface area contributed by atoms with Crippen LogP contribution in [-0.2, 0) is 83.1 Å². The molecule has 0 aromatic heterocycles. The number of hydrogen-bond donors (Lipinski definition) is 0. The number of esters is 2. The van der Waals surface area contributed by atoms with Gasteiger partial charge in [-0.3, -0.25) is 9.59 Å². The highest BCUT2D eigenvalue weighted by Gasteiger charge is 2.56. The van der Waals surface area contributed by atoms with E-state index < -0.39 is 86.8 Å². The standard InChI is InChI=1S/C60H67FO12Si/c1-42(62)70-52-50(72-58(61)56(66-38-46-28-16-8-17-29-46)54(52)64-36-44-24-12-6-13-25-44)40-68-59-57(67-39-47-30-18-9-19-31-47)55(65-37-45-26-14-7-15-27-45)53(71-43(2)63)51(73-59)41-69-74(60(3,4)5,48-32-20-10-21-33-48)49-34-22-11-23-35-49/h6-35,50-59H,36-41H2,1-5H3/t50-,51-,52-,53-,54+,55+,56-,57-,58+,59+/m1/s1. The number of ether oxygens (including phenoxy) is 9. The summed E-state index contributed by atoms with van der Waals surface area (Å²) in [6.07, 6.45) is -12.4. The lowest BCUT2D eigenvalue weighted by atomic mass is 9.97. The van der Waals surface area contributed by atoms with Crippen LogP contribution >= 0.6 is 0 Å². The predicted molar refractivity (Wildman–Crippen MR) is 279 cm³/mol. The van der Waals surface area contributed by atoms with Crippen LogP contribution < -0.4 is 10.4 Å². The molecule has 8 rings (SSSR count). The zero-order chi connectivity index (χ0) is 51.9. The highest BCUT2D eigenvalue weighted by molar-refractivity contribution is 6.99. The number of hydrogen-bond acceptors (Lipinski definition) is 12. The van der Waals surface area contributed by atoms with Gasteiger partial charge in [-0.2, -0.15) is 0 Å². The summed E-state index contributed by atoms with van der Waals surface area (Å²) in [4.78, 5) is 26.3. The quantitative estimate of drug-likeness (QED) is 0.0476. The molecule has 14 heteroatoms. The van der Waals surface area contributed by atoms with Crippen LogP contribution in [0, 0.1) is 0 Å². The average Bonchev–Trinajstić information content (AvgIpc) is 3.41. The Bertz CT molecular complexity index is 2570. The van der Waals surface area contributed by atoms with Crippen LogP contribution in [0.3, 0.4) is 0 Å². The lowest BCUT2D eigenvalue weighted by molar-refractivity contribution is -0.336. The van der Waals surface area contributed by atoms with Crippen molar-refractivity contribution in [1.29, 1.82) is 0 Å². The highest BCUT2D eigenvalue weighted by atomic mass is 28.4. The van der Waals surface area contributed by atoms with Crippen molar-refractivity contribution in [3.63, 3.8) is 0 Å². The first kappa shape index (κ1) is 54.4. The van der Waals surface area contributed by atoms with Crippen molar-refractivity contribution < 1.29 is 61.0 Å². The van der Waals surface area contributed by atoms with E-state index in [-0.39, 0.29) is 39.6 Å². The Morgan fingerprint density at radius 1 is 0.446 bits per heavy atom. The molecular weight excluding hydrogens is 960 g/mol. The minimum Gasteiger partial charge on any atom is -0.457 e. The molecule has 0 spiro atoms. The van der Waals surface area contributed by atoms with Crippen molar-refractivity contribution >= 4 is 30.6 Å². The van der Waals surface area contributed by atoms with Crippen molar-refractivity contribution in [3.05, 3.63) is 204 Å². The van der Waals surface area contributed by atoms with Crippen LogP contribution in [-0.4, -0.2) is 94.9 Å². The summed E-state index contributed by atoms with van der Waals surface area (Å²) in [6.45, 7) is 8.97. The Morgan fingerprint density at radius 3 is 1.16 bits per heavy atom. The summed E-state index contributed by atoms with van der Waals surface area (Å²) in [5.74, 6) is -1.21. The Labute approximate surface area is 435 Å². The van der Waals surface area contributed by atoms with Crippen LogP contribution in [0.1, 0.15) is 56.9 Å². The largest absolute Gasteiger partial charge is 0.457 e. The monoisotopic (exact) mass is 1030 g/mol. The fraction of sp³-hybridized carbons (Fsp3) is 0.367. The minimum absolute atomic E-state index is 0.0377. The van der Waals surface area contributed by atoms with E-state index in [1.807, 2.05) is 158 Å². The maximum absolute atomic E-state index is 16.8. The number of rotatable bonds is 22. The van der Waals surface area contributed by atoms with Gasteiger partial charge < -0.3 is 47.1 Å². The molecule has 2 aliphatic heterocycles. The normalized spacial score (nSPS) is 24.2. The molecule has 0 N–H and O–H groups in total. The molecule has 0 bridgehead atoms. The maximum atomic E-state index is 16.8. The SMILES string of the molecule is CC(=O)O[C@H]1[C@H](OCc2ccccc2)[C@@H](OCc2ccccc2)[C@@H](F)O[C@@H]1CO[C@H]1O[C@H](CO[Si](c2ccccc2)(c2ccccc2)C(C)(C)C)[C@@H](OC(C)=O)[C@H](OCc2ccccc2)[C@H]1OCc1ccccc1. The van der Waals surface area contributed by atoms with E-state index in [1.54, 1.807) is 0 Å². The highest BCUT2D eigenvalue weighted by Crippen LogP contribution is 2.39. The van der Waals surface area contributed by atoms with Gasteiger partial charge in [0.2, 0.25) is 6.36 Å². The lowest BCUT2D eigenvalue weighted by Gasteiger charge is -2.48. The Kier molecular flexibility index (Phi) is 19.1. The molecule has 0 unspecified atom stereocenters. The minimum atomic E-state index is -3.22. The smallest absolute Gasteiger partial charge is 0.303 e. The molecule has 6 aromatic rings. The van der Waals surface area contributed by atoms with Gasteiger partial charge in [0.15, 0.2) is 18.5 Å². The molecule has 2 saturated heterocycles. The second-order valence-corrected chi connectivity index (χ2v) is 23.9. The molecule has 0 radical (unpaired) electrons. The van der Waals surface area contributed by atoms with E-state index in [4.69, 9.17) is 47.1 Å². The first-order chi connectivity index (χ1) is 35.9. The molecule has 10 atom stereocenters. The van der Waals surface area contributed by atoms with Crippen molar-refractivity contribution in [3.8, 4) is 0 Å². The van der Waals surface area contributed by atoms with Crippen molar-refractivity contribution in [2.75, 3.05) is 13.2 Å². The molecular formula is C60H67FO12Si. The third kappa shape index (κ3) is 13.9. The van der Waals surface area contributed by atoms with E-state index in [9.17, 15) is 9.59 Å². The van der Waals surface area contributed by atoms with Crippen molar-refractivity contribution in [1.82, 2.24) is 0 Å². The molecule has 12 nitrogen and oxygen atoms in total. The van der Waals surface area contributed by atoms with Crippen molar-refractivity contribution in [2.45, 2.75) is 128 Å². The van der Waals surface area contributed by atoms with E-state index in [1.165, 1.54) is 13.8 Å². The average molecular weight is 1030 g/mol. The predicted octanol–water partition coefficient (Wildman–Crippen LogP) is 9.20. The van der Waals surface area contributed by atoms with Gasteiger partial charge in [-0.25, -0.2) is 4.39 Å². The number of carbonyl (C=O) groups excluding carboxylic acids is 2. The first-order valence-electron chi connectivity index (χ1n) is 25.2. The third-order valence-corrected chi connectivity index (χ3v) is 18.2. The summed E-state index contributed by atoms with van der Waals surface area (Å²) in [7, 11) is -3.22. The van der Waals surface area contributed by atoms with Gasteiger partial charge >= 0.3 is 11.9 Å². The molecule has 2 heterocycles. The van der Waals surface area contributed by atoms with Crippen LogP contribution in [0.2, 0.25) is 5.04 Å². The van der Waals surface area contributed by atoms with E-state index in [0.29, 0.717) is 0 Å². The Balaban J connectivity index is 1.16. The van der Waals surface area contributed by atoms with E-state index >= 15 is 4.39 Å².